The number of unbranched alkanes of at least 4 members (excludes halogenated alkanes) is 2. The average Bonchev–Trinajstić information content (AvgIpc) is 3.48. The molecular formula is C24H37FN7O7P. The van der Waals surface area contributed by atoms with Gasteiger partial charge in [-0.05, 0) is 25.8 Å². The molecule has 16 heteroatoms. The molecule has 0 aromatic carbocycles. The number of halogens is 1. The normalized spacial score (nSPS) is 23.3. The molecule has 0 saturated carbocycles. The minimum absolute atomic E-state index is 0.0998. The Kier molecular flexibility index (Phi) is 11.5. The van der Waals surface area contributed by atoms with E-state index in [4.69, 9.17) is 19.9 Å². The van der Waals surface area contributed by atoms with E-state index in [1.54, 1.807) is 0 Å². The van der Waals surface area contributed by atoms with Crippen LogP contribution < -0.4 is 15.9 Å². The number of rotatable bonds is 15. The fourth-order valence-electron chi connectivity index (χ4n) is 3.79. The van der Waals surface area contributed by atoms with E-state index in [1.165, 1.54) is 30.2 Å². The molecule has 6 atom stereocenters. The second-order valence-electron chi connectivity index (χ2n) is 9.29. The molecule has 0 amide bonds. The number of hydrogen-bond acceptors (Lipinski definition) is 11. The fraction of sp³-hybridized carbons (Fsp3) is 0.625. The number of aromatic nitrogens is 4. The van der Waals surface area contributed by atoms with E-state index in [9.17, 15) is 19.3 Å². The number of nitrogens with one attached hydrogen (secondary N) is 2. The van der Waals surface area contributed by atoms with Gasteiger partial charge in [-0.25, -0.2) is 29.5 Å². The van der Waals surface area contributed by atoms with E-state index in [0.717, 1.165) is 18.7 Å². The van der Waals surface area contributed by atoms with Crippen LogP contribution >= 0.6 is 7.44 Å². The quantitative estimate of drug-likeness (QED) is 0.135. The van der Waals surface area contributed by atoms with Crippen molar-refractivity contribution in [1.29, 1.82) is 0 Å². The molecule has 40 heavy (non-hydrogen) atoms. The summed E-state index contributed by atoms with van der Waals surface area (Å²) in [7, 11) is -3.84. The third kappa shape index (κ3) is 8.04. The summed E-state index contributed by atoms with van der Waals surface area (Å²) in [4.78, 5) is 36.5. The van der Waals surface area contributed by atoms with Gasteiger partial charge in [-0.1, -0.05) is 26.7 Å². The van der Waals surface area contributed by atoms with Crippen molar-refractivity contribution in [2.75, 3.05) is 25.5 Å². The van der Waals surface area contributed by atoms with E-state index in [2.05, 4.69) is 25.1 Å². The lowest BCUT2D eigenvalue weighted by Gasteiger charge is -2.22. The second kappa shape index (κ2) is 14.6. The maximum Gasteiger partial charge on any atom is 0.323 e. The standard InChI is InChI=1S/C24H37FN7O7P/c1-4-6-9-37-17(33)12-30-40(36,31-15(3)24(35)38-10-7-5-2)11-8-16-20(34)18(25)23(39-16)32-14-29-19-21(26)27-13-28-22(19)32/h8,11,13-16,18,20,23,34H,4-7,9-10,12H2,1-3H3,(H2,26,27,28)(H2,30,31,36)/b11-8+/t15-,16+,18+,20+,23+,40?/m0/s1. The number of aliphatic hydroxyl groups excluding tert-OH is 1. The number of ether oxygens (including phenoxy) is 3. The molecule has 0 spiro atoms. The maximum atomic E-state index is 15.2. The summed E-state index contributed by atoms with van der Waals surface area (Å²) < 4.78 is 46.2. The molecule has 222 valence electrons. The van der Waals surface area contributed by atoms with Crippen LogP contribution in [0.2, 0.25) is 0 Å². The Morgan fingerprint density at radius 2 is 1.95 bits per heavy atom. The van der Waals surface area contributed by atoms with Crippen molar-refractivity contribution in [3.05, 3.63) is 24.5 Å². The first kappa shape index (κ1) is 31.6. The number of esters is 2. The SMILES string of the molecule is CCCCOC(=O)CNP(=O)(/C=C/[C@H]1O[C@@H](n2cnc3c(N)ncnc32)[C@H](F)[C@@H]1O)N[C@@H](C)C(=O)OCCCC. The largest absolute Gasteiger partial charge is 0.465 e. The topological polar surface area (TPSA) is 193 Å². The number of fused-ring (bicyclic) bond motifs is 1. The molecule has 1 fully saturated rings. The van der Waals surface area contributed by atoms with Crippen LogP contribution in [0, 0.1) is 0 Å². The zero-order valence-corrected chi connectivity index (χ0v) is 23.6. The van der Waals surface area contributed by atoms with E-state index in [1.807, 2.05) is 13.8 Å². The van der Waals surface area contributed by atoms with Gasteiger partial charge in [0, 0.05) is 5.82 Å². The van der Waals surface area contributed by atoms with Crippen molar-refractivity contribution in [1.82, 2.24) is 29.7 Å². The van der Waals surface area contributed by atoms with Crippen molar-refractivity contribution in [3.8, 4) is 0 Å². The van der Waals surface area contributed by atoms with Gasteiger partial charge >= 0.3 is 11.9 Å². The molecule has 2 aromatic rings. The van der Waals surface area contributed by atoms with Gasteiger partial charge in [0.05, 0.1) is 19.5 Å². The van der Waals surface area contributed by atoms with Crippen LogP contribution in [-0.4, -0.2) is 80.7 Å². The number of nitrogens with zero attached hydrogens (tertiary/aromatic N) is 4. The first-order valence-electron chi connectivity index (χ1n) is 13.1. The van der Waals surface area contributed by atoms with E-state index < -0.39 is 56.6 Å². The molecule has 14 nitrogen and oxygen atoms in total. The summed E-state index contributed by atoms with van der Waals surface area (Å²) in [5.41, 5.74) is 6.26. The van der Waals surface area contributed by atoms with Crippen molar-refractivity contribution in [2.45, 2.75) is 77.1 Å². The van der Waals surface area contributed by atoms with Gasteiger partial charge in [0.25, 0.3) is 0 Å². The molecular weight excluding hydrogens is 548 g/mol. The van der Waals surface area contributed by atoms with Gasteiger partial charge in [-0.2, -0.15) is 0 Å². The number of carbonyl (C=O) groups is 2. The molecule has 3 heterocycles. The van der Waals surface area contributed by atoms with Crippen LogP contribution in [0.3, 0.4) is 0 Å². The Hall–Kier alpha value is -2.97. The summed E-state index contributed by atoms with van der Waals surface area (Å²) in [6.07, 6.45) is 0.591. The third-order valence-electron chi connectivity index (χ3n) is 6.08. The van der Waals surface area contributed by atoms with Crippen LogP contribution in [0.5, 0.6) is 0 Å². The molecule has 0 aliphatic carbocycles. The Labute approximate surface area is 231 Å². The Bertz CT molecular complexity index is 1230. The number of nitrogen functional groups attached to an aromatic ring is 1. The van der Waals surface area contributed by atoms with E-state index in [0.29, 0.717) is 12.8 Å². The highest BCUT2D eigenvalue weighted by molar-refractivity contribution is 7.63. The van der Waals surface area contributed by atoms with Gasteiger partial charge in [-0.3, -0.25) is 18.7 Å². The minimum Gasteiger partial charge on any atom is -0.465 e. The number of anilines is 1. The highest BCUT2D eigenvalue weighted by atomic mass is 31.2. The van der Waals surface area contributed by atoms with E-state index >= 15 is 4.39 Å². The summed E-state index contributed by atoms with van der Waals surface area (Å²) in [5.74, 6) is -0.0556. The lowest BCUT2D eigenvalue weighted by molar-refractivity contribution is -0.145. The van der Waals surface area contributed by atoms with Gasteiger partial charge in [-0.15, -0.1) is 0 Å². The summed E-state index contributed by atoms with van der Waals surface area (Å²) in [6, 6.07) is -1.02. The van der Waals surface area contributed by atoms with Gasteiger partial charge < -0.3 is 25.1 Å². The molecule has 2 aromatic heterocycles. The molecule has 0 bridgehead atoms. The Balaban J connectivity index is 1.76. The maximum absolute atomic E-state index is 15.2. The molecule has 5 N–H and O–H groups in total. The number of alkyl halides is 1. The molecule has 0 radical (unpaired) electrons. The minimum atomic E-state index is -3.84. The smallest absolute Gasteiger partial charge is 0.323 e. The van der Waals surface area contributed by atoms with Crippen LogP contribution in [0.25, 0.3) is 11.2 Å². The van der Waals surface area contributed by atoms with Crippen molar-refractivity contribution < 1.29 is 37.9 Å². The Morgan fingerprint density at radius 3 is 2.65 bits per heavy atom. The fourth-order valence-corrected chi connectivity index (χ4v) is 5.53. The highest BCUT2D eigenvalue weighted by Crippen LogP contribution is 2.41. The van der Waals surface area contributed by atoms with Gasteiger partial charge in [0.2, 0.25) is 7.44 Å². The van der Waals surface area contributed by atoms with Crippen molar-refractivity contribution in [2.24, 2.45) is 0 Å². The van der Waals surface area contributed by atoms with Crippen LogP contribution in [0.15, 0.2) is 24.5 Å². The van der Waals surface area contributed by atoms with Gasteiger partial charge in [0.1, 0.15) is 36.6 Å². The predicted octanol–water partition coefficient (Wildman–Crippen LogP) is 1.97. The number of nitrogens with two attached hydrogens (primary N) is 1. The highest BCUT2D eigenvalue weighted by Gasteiger charge is 2.45. The van der Waals surface area contributed by atoms with Crippen LogP contribution in [0.1, 0.15) is 52.7 Å². The lowest BCUT2D eigenvalue weighted by atomic mass is 10.1. The molecule has 1 saturated heterocycles. The molecule has 3 rings (SSSR count). The zero-order chi connectivity index (χ0) is 29.3. The predicted molar refractivity (Wildman–Crippen MR) is 144 cm³/mol. The summed E-state index contributed by atoms with van der Waals surface area (Å²) >= 11 is 0. The molecule has 1 unspecified atom stereocenters. The Morgan fingerprint density at radius 1 is 1.25 bits per heavy atom. The average molecular weight is 586 g/mol. The van der Waals surface area contributed by atoms with Crippen LogP contribution in [0.4, 0.5) is 10.2 Å². The third-order valence-corrected chi connectivity index (χ3v) is 8.07. The number of hydrogen-bond donors (Lipinski definition) is 4. The number of imidazole rings is 1. The first-order valence-corrected chi connectivity index (χ1v) is 14.9. The molecule has 1 aliphatic rings. The second-order valence-corrected chi connectivity index (χ2v) is 11.5. The summed E-state index contributed by atoms with van der Waals surface area (Å²) in [6.45, 7) is 5.34. The zero-order valence-electron chi connectivity index (χ0n) is 22.7. The van der Waals surface area contributed by atoms with Crippen molar-refractivity contribution in [3.63, 3.8) is 0 Å². The summed E-state index contributed by atoms with van der Waals surface area (Å²) in [5, 5.41) is 15.8. The lowest BCUT2D eigenvalue weighted by Crippen LogP contribution is -2.37. The first-order chi connectivity index (χ1) is 19.1. The van der Waals surface area contributed by atoms with E-state index in [-0.39, 0.29) is 30.2 Å². The van der Waals surface area contributed by atoms with Crippen LogP contribution in [-0.2, 0) is 28.4 Å². The van der Waals surface area contributed by atoms with Crippen molar-refractivity contribution >= 4 is 36.4 Å². The number of aliphatic hydroxyl groups is 1. The monoisotopic (exact) mass is 585 g/mol. The molecule has 1 aliphatic heterocycles. The van der Waals surface area contributed by atoms with Gasteiger partial charge in [0.15, 0.2) is 23.9 Å². The number of carbonyl (C=O) groups excluding carboxylic acids is 2.